The number of nitrogens with zero attached hydrogens (tertiary/aromatic N) is 2. The van der Waals surface area contributed by atoms with E-state index in [0.29, 0.717) is 0 Å². The van der Waals surface area contributed by atoms with Gasteiger partial charge in [-0.2, -0.15) is 18.4 Å². The molecule has 16 heavy (non-hydrogen) atoms. The lowest BCUT2D eigenvalue weighted by Gasteiger charge is -2.29. The third-order valence-corrected chi connectivity index (χ3v) is 2.29. The van der Waals surface area contributed by atoms with Gasteiger partial charge in [0.15, 0.2) is 0 Å². The average molecular weight is 237 g/mol. The van der Waals surface area contributed by atoms with Gasteiger partial charge >= 0.3 is 6.18 Å². The zero-order valence-electron chi connectivity index (χ0n) is 9.80. The van der Waals surface area contributed by atoms with Gasteiger partial charge in [0.05, 0.1) is 12.6 Å². The highest BCUT2D eigenvalue weighted by Crippen LogP contribution is 2.19. The molecule has 0 saturated carbocycles. The van der Waals surface area contributed by atoms with Gasteiger partial charge < -0.3 is 5.73 Å². The fourth-order valence-corrected chi connectivity index (χ4v) is 1.18. The molecule has 0 aromatic carbocycles. The lowest BCUT2D eigenvalue weighted by atomic mass is 10.0. The number of hydrogen-bond acceptors (Lipinski definition) is 3. The van der Waals surface area contributed by atoms with Crippen LogP contribution in [0, 0.1) is 11.3 Å². The molecular formula is C10H18F3N3. The van der Waals surface area contributed by atoms with E-state index in [1.54, 1.807) is 13.8 Å². The van der Waals surface area contributed by atoms with Gasteiger partial charge in [-0.15, -0.1) is 0 Å². The number of alkyl halides is 3. The van der Waals surface area contributed by atoms with E-state index in [2.05, 4.69) is 0 Å². The van der Waals surface area contributed by atoms with Crippen LogP contribution in [-0.2, 0) is 0 Å². The van der Waals surface area contributed by atoms with Crippen LogP contribution < -0.4 is 5.73 Å². The Hall–Kier alpha value is -0.800. The van der Waals surface area contributed by atoms with Gasteiger partial charge in [0.1, 0.15) is 5.54 Å². The number of nitrogens with two attached hydrogens (primary N) is 1. The Balaban J connectivity index is 4.33. The zero-order valence-corrected chi connectivity index (χ0v) is 9.80. The van der Waals surface area contributed by atoms with Crippen LogP contribution in [0.4, 0.5) is 13.2 Å². The first-order valence-corrected chi connectivity index (χ1v) is 5.08. The second-order valence-electron chi connectivity index (χ2n) is 4.46. The molecule has 0 fully saturated rings. The molecular weight excluding hydrogens is 219 g/mol. The Morgan fingerprint density at radius 1 is 1.38 bits per heavy atom. The highest BCUT2D eigenvalue weighted by molar-refractivity contribution is 5.01. The number of nitriles is 1. The molecule has 1 atom stereocenters. The summed E-state index contributed by atoms with van der Waals surface area (Å²) in [5.41, 5.74) is 4.49. The fraction of sp³-hybridized carbons (Fsp3) is 0.900. The molecule has 0 bridgehead atoms. The lowest BCUT2D eigenvalue weighted by Crippen LogP contribution is -2.44. The summed E-state index contributed by atoms with van der Waals surface area (Å²) in [6, 6.07) is 1.64. The van der Waals surface area contributed by atoms with E-state index >= 15 is 0 Å². The predicted molar refractivity (Wildman–Crippen MR) is 55.6 cm³/mol. The molecule has 0 aliphatic heterocycles. The topological polar surface area (TPSA) is 53.0 Å². The molecule has 0 amide bonds. The van der Waals surface area contributed by atoms with Crippen molar-refractivity contribution in [3.05, 3.63) is 0 Å². The van der Waals surface area contributed by atoms with Gasteiger partial charge in [0.2, 0.25) is 0 Å². The van der Waals surface area contributed by atoms with E-state index in [-0.39, 0.29) is 19.0 Å². The van der Waals surface area contributed by atoms with E-state index in [4.69, 9.17) is 11.0 Å². The van der Waals surface area contributed by atoms with Gasteiger partial charge in [-0.25, -0.2) is 0 Å². The first-order valence-electron chi connectivity index (χ1n) is 5.08. The fourth-order valence-electron chi connectivity index (χ4n) is 1.18. The number of halogens is 3. The van der Waals surface area contributed by atoms with Crippen LogP contribution in [0.25, 0.3) is 0 Å². The number of hydrogen-bond donors (Lipinski definition) is 1. The van der Waals surface area contributed by atoms with Crippen LogP contribution in [0.5, 0.6) is 0 Å². The molecule has 6 heteroatoms. The monoisotopic (exact) mass is 237 g/mol. The van der Waals surface area contributed by atoms with Gasteiger partial charge in [-0.05, 0) is 27.2 Å². The average Bonchev–Trinajstić information content (AvgIpc) is 2.10. The molecule has 0 aromatic heterocycles. The van der Waals surface area contributed by atoms with Crippen LogP contribution in [0.3, 0.4) is 0 Å². The minimum absolute atomic E-state index is 0.164. The molecule has 3 nitrogen and oxygen atoms in total. The summed E-state index contributed by atoms with van der Waals surface area (Å²) >= 11 is 0. The maximum absolute atomic E-state index is 12.2. The Labute approximate surface area is 94.0 Å². The maximum atomic E-state index is 12.2. The SMILES string of the molecule is CC(C)N(CCC(C)(N)C#N)CC(F)(F)F. The van der Waals surface area contributed by atoms with Crippen LogP contribution in [0.15, 0.2) is 0 Å². The Kier molecular flexibility index (Phi) is 5.23. The van der Waals surface area contributed by atoms with Crippen molar-refractivity contribution in [1.82, 2.24) is 4.90 Å². The second-order valence-corrected chi connectivity index (χ2v) is 4.46. The molecule has 0 heterocycles. The van der Waals surface area contributed by atoms with Crippen molar-refractivity contribution < 1.29 is 13.2 Å². The lowest BCUT2D eigenvalue weighted by molar-refractivity contribution is -0.149. The van der Waals surface area contributed by atoms with Crippen LogP contribution in [-0.4, -0.2) is 35.7 Å². The van der Waals surface area contributed by atoms with Crippen molar-refractivity contribution in [3.8, 4) is 6.07 Å². The molecule has 2 N–H and O–H groups in total. The minimum atomic E-state index is -4.22. The summed E-state index contributed by atoms with van der Waals surface area (Å²) in [4.78, 5) is 1.27. The zero-order chi connectivity index (χ0) is 13.0. The van der Waals surface area contributed by atoms with Crippen molar-refractivity contribution in [2.45, 2.75) is 44.9 Å². The molecule has 0 aromatic rings. The van der Waals surface area contributed by atoms with Gasteiger partial charge in [0, 0.05) is 12.6 Å². The third-order valence-electron chi connectivity index (χ3n) is 2.29. The Morgan fingerprint density at radius 3 is 2.19 bits per heavy atom. The van der Waals surface area contributed by atoms with Gasteiger partial charge in [-0.3, -0.25) is 4.90 Å². The van der Waals surface area contributed by atoms with E-state index in [0.717, 1.165) is 0 Å². The summed E-state index contributed by atoms with van der Waals surface area (Å²) in [7, 11) is 0. The maximum Gasteiger partial charge on any atom is 0.401 e. The molecule has 0 spiro atoms. The first-order chi connectivity index (χ1) is 7.07. The standard InChI is InChI=1S/C10H18F3N3/c1-8(2)16(7-10(11,12)13)5-4-9(3,15)6-14/h8H,4-5,7,15H2,1-3H3. The second kappa shape index (κ2) is 5.51. The Bertz CT molecular complexity index is 253. The third kappa shape index (κ3) is 6.64. The van der Waals surface area contributed by atoms with Crippen LogP contribution in [0.1, 0.15) is 27.2 Å². The molecule has 0 radical (unpaired) electrons. The predicted octanol–water partition coefficient (Wildman–Crippen LogP) is 1.89. The molecule has 0 aliphatic rings. The quantitative estimate of drug-likeness (QED) is 0.794. The highest BCUT2D eigenvalue weighted by atomic mass is 19.4. The van der Waals surface area contributed by atoms with Crippen LogP contribution in [0.2, 0.25) is 0 Å². The van der Waals surface area contributed by atoms with Crippen molar-refractivity contribution in [2.75, 3.05) is 13.1 Å². The van der Waals surface area contributed by atoms with Crippen LogP contribution >= 0.6 is 0 Å². The minimum Gasteiger partial charge on any atom is -0.314 e. The molecule has 0 aliphatic carbocycles. The van der Waals surface area contributed by atoms with E-state index in [9.17, 15) is 13.2 Å². The Morgan fingerprint density at radius 2 is 1.88 bits per heavy atom. The van der Waals surface area contributed by atoms with E-state index in [1.165, 1.54) is 11.8 Å². The number of rotatable bonds is 5. The summed E-state index contributed by atoms with van der Waals surface area (Å²) in [5, 5.41) is 8.66. The summed E-state index contributed by atoms with van der Waals surface area (Å²) < 4.78 is 36.7. The van der Waals surface area contributed by atoms with Gasteiger partial charge in [0.25, 0.3) is 0 Å². The molecule has 0 saturated heterocycles. The summed E-state index contributed by atoms with van der Waals surface area (Å²) in [6.45, 7) is 4.08. The highest BCUT2D eigenvalue weighted by Gasteiger charge is 2.32. The molecule has 0 rings (SSSR count). The largest absolute Gasteiger partial charge is 0.401 e. The molecule has 1 unspecified atom stereocenters. The van der Waals surface area contributed by atoms with Crippen molar-refractivity contribution in [2.24, 2.45) is 5.73 Å². The van der Waals surface area contributed by atoms with E-state index < -0.39 is 18.3 Å². The summed E-state index contributed by atoms with van der Waals surface area (Å²) in [6.07, 6.45) is -4.00. The summed E-state index contributed by atoms with van der Waals surface area (Å²) in [5.74, 6) is 0. The molecule has 94 valence electrons. The van der Waals surface area contributed by atoms with Gasteiger partial charge in [-0.1, -0.05) is 0 Å². The van der Waals surface area contributed by atoms with E-state index in [1.807, 2.05) is 6.07 Å². The first kappa shape index (κ1) is 15.2. The normalized spacial score (nSPS) is 16.2. The smallest absolute Gasteiger partial charge is 0.314 e. The van der Waals surface area contributed by atoms with Crippen molar-refractivity contribution in [1.29, 1.82) is 5.26 Å². The van der Waals surface area contributed by atoms with Crippen molar-refractivity contribution >= 4 is 0 Å². The van der Waals surface area contributed by atoms with Crippen molar-refractivity contribution in [3.63, 3.8) is 0 Å².